The van der Waals surface area contributed by atoms with E-state index in [0.29, 0.717) is 12.2 Å². The van der Waals surface area contributed by atoms with Crippen molar-refractivity contribution in [2.45, 2.75) is 31.2 Å². The van der Waals surface area contributed by atoms with E-state index in [1.807, 2.05) is 30.3 Å². The van der Waals surface area contributed by atoms with Crippen molar-refractivity contribution < 1.29 is 4.79 Å². The van der Waals surface area contributed by atoms with E-state index in [9.17, 15) is 9.59 Å². The van der Waals surface area contributed by atoms with E-state index >= 15 is 0 Å². The van der Waals surface area contributed by atoms with Crippen molar-refractivity contribution in [3.8, 4) is 11.3 Å². The second-order valence-electron chi connectivity index (χ2n) is 6.13. The zero-order valence-electron chi connectivity index (χ0n) is 13.0. The molecule has 5 nitrogen and oxygen atoms in total. The summed E-state index contributed by atoms with van der Waals surface area (Å²) in [4.78, 5) is 27.5. The highest BCUT2D eigenvalue weighted by Gasteiger charge is 2.34. The highest BCUT2D eigenvalue weighted by molar-refractivity contribution is 5.94. The molecule has 0 spiro atoms. The molecule has 1 aliphatic rings. The van der Waals surface area contributed by atoms with E-state index in [4.69, 9.17) is 5.73 Å². The van der Waals surface area contributed by atoms with Gasteiger partial charge in [0.1, 0.15) is 5.56 Å². The van der Waals surface area contributed by atoms with Crippen LogP contribution in [0.25, 0.3) is 11.3 Å². The Morgan fingerprint density at radius 2 is 1.83 bits per heavy atom. The monoisotopic (exact) mass is 311 g/mol. The predicted octanol–water partition coefficient (Wildman–Crippen LogP) is 2.04. The number of amides is 1. The first-order valence-corrected chi connectivity index (χ1v) is 7.95. The van der Waals surface area contributed by atoms with Gasteiger partial charge in [-0.3, -0.25) is 9.59 Å². The van der Waals surface area contributed by atoms with Gasteiger partial charge in [-0.25, -0.2) is 0 Å². The van der Waals surface area contributed by atoms with E-state index in [2.05, 4.69) is 10.3 Å². The van der Waals surface area contributed by atoms with E-state index < -0.39 is 0 Å². The number of pyridine rings is 1. The molecule has 0 atom stereocenters. The Labute approximate surface area is 134 Å². The minimum atomic E-state index is -0.381. The van der Waals surface area contributed by atoms with Gasteiger partial charge in [-0.1, -0.05) is 43.2 Å². The summed E-state index contributed by atoms with van der Waals surface area (Å²) in [7, 11) is 0. The van der Waals surface area contributed by atoms with Crippen LogP contribution in [0.1, 0.15) is 36.0 Å². The predicted molar refractivity (Wildman–Crippen MR) is 90.2 cm³/mol. The molecular formula is C18H21N3O2. The lowest BCUT2D eigenvalue weighted by atomic mass is 9.97. The number of H-pyrrole nitrogens is 1. The smallest absolute Gasteiger partial charge is 0.261 e. The van der Waals surface area contributed by atoms with Gasteiger partial charge >= 0.3 is 0 Å². The van der Waals surface area contributed by atoms with Gasteiger partial charge in [0, 0.05) is 12.2 Å². The topological polar surface area (TPSA) is 88.0 Å². The van der Waals surface area contributed by atoms with Crippen LogP contribution in [0.5, 0.6) is 0 Å². The zero-order chi connectivity index (χ0) is 16.3. The first-order chi connectivity index (χ1) is 11.1. The van der Waals surface area contributed by atoms with Crippen molar-refractivity contribution in [1.29, 1.82) is 0 Å². The molecular weight excluding hydrogens is 290 g/mol. The number of hydrogen-bond acceptors (Lipinski definition) is 3. The summed E-state index contributed by atoms with van der Waals surface area (Å²) < 4.78 is 0. The summed E-state index contributed by atoms with van der Waals surface area (Å²) in [5.41, 5.74) is 6.83. The average Bonchev–Trinajstić information content (AvgIpc) is 3.04. The lowest BCUT2D eigenvalue weighted by Gasteiger charge is -2.28. The van der Waals surface area contributed by atoms with Crippen LogP contribution in [0, 0.1) is 0 Å². The third-order valence-electron chi connectivity index (χ3n) is 4.57. The summed E-state index contributed by atoms with van der Waals surface area (Å²) >= 11 is 0. The van der Waals surface area contributed by atoms with Crippen LogP contribution in [0.15, 0.2) is 47.3 Å². The molecule has 0 saturated heterocycles. The molecule has 5 heteroatoms. The summed E-state index contributed by atoms with van der Waals surface area (Å²) in [6, 6.07) is 12.9. The van der Waals surface area contributed by atoms with Gasteiger partial charge in [0.2, 0.25) is 0 Å². The van der Waals surface area contributed by atoms with Gasteiger partial charge in [0.25, 0.3) is 11.5 Å². The van der Waals surface area contributed by atoms with Crippen molar-refractivity contribution in [2.24, 2.45) is 5.73 Å². The standard InChI is InChI=1S/C18H21N3O2/c19-12-18(10-4-5-11-18)21-17(23)14-8-9-15(20-16(14)22)13-6-2-1-3-7-13/h1-3,6-9H,4-5,10-12,19H2,(H,20,22)(H,21,23). The highest BCUT2D eigenvalue weighted by Crippen LogP contribution is 2.28. The van der Waals surface area contributed by atoms with Crippen molar-refractivity contribution in [3.05, 3.63) is 58.4 Å². The summed E-state index contributed by atoms with van der Waals surface area (Å²) in [6.07, 6.45) is 3.85. The molecule has 0 unspecified atom stereocenters. The Balaban J connectivity index is 1.83. The van der Waals surface area contributed by atoms with E-state index in [0.717, 1.165) is 31.2 Å². The zero-order valence-corrected chi connectivity index (χ0v) is 13.0. The second kappa shape index (κ2) is 6.38. The fourth-order valence-corrected chi connectivity index (χ4v) is 3.18. The fraction of sp³-hybridized carbons (Fsp3) is 0.333. The maximum Gasteiger partial charge on any atom is 0.261 e. The van der Waals surface area contributed by atoms with Gasteiger partial charge in [0.05, 0.1) is 5.54 Å². The van der Waals surface area contributed by atoms with E-state index in [1.165, 1.54) is 0 Å². The molecule has 0 bridgehead atoms. The Hall–Kier alpha value is -2.40. The molecule has 1 aromatic heterocycles. The number of aromatic amines is 1. The van der Waals surface area contributed by atoms with Gasteiger partial charge in [-0.05, 0) is 30.5 Å². The third-order valence-corrected chi connectivity index (χ3v) is 4.57. The van der Waals surface area contributed by atoms with Crippen LogP contribution in [0.2, 0.25) is 0 Å². The van der Waals surface area contributed by atoms with Gasteiger partial charge in [-0.2, -0.15) is 0 Å². The Bertz CT molecular complexity index is 746. The highest BCUT2D eigenvalue weighted by atomic mass is 16.2. The number of carbonyl (C=O) groups is 1. The summed E-state index contributed by atoms with van der Waals surface area (Å²) in [5, 5.41) is 2.97. The minimum absolute atomic E-state index is 0.129. The molecule has 4 N–H and O–H groups in total. The Kier molecular flexibility index (Phi) is 4.30. The summed E-state index contributed by atoms with van der Waals surface area (Å²) in [6.45, 7) is 0.402. The van der Waals surface area contributed by atoms with Crippen LogP contribution >= 0.6 is 0 Å². The number of nitrogens with one attached hydrogen (secondary N) is 2. The number of aromatic nitrogens is 1. The van der Waals surface area contributed by atoms with E-state index in [1.54, 1.807) is 12.1 Å². The van der Waals surface area contributed by atoms with Crippen LogP contribution in [-0.2, 0) is 0 Å². The molecule has 23 heavy (non-hydrogen) atoms. The SMILES string of the molecule is NCC1(NC(=O)c2ccc(-c3ccccc3)[nH]c2=O)CCCC1. The number of benzene rings is 1. The Morgan fingerprint density at radius 3 is 2.43 bits per heavy atom. The van der Waals surface area contributed by atoms with Gasteiger partial charge < -0.3 is 16.0 Å². The van der Waals surface area contributed by atoms with Crippen molar-refractivity contribution in [2.75, 3.05) is 6.54 Å². The molecule has 1 heterocycles. The van der Waals surface area contributed by atoms with Crippen molar-refractivity contribution >= 4 is 5.91 Å². The lowest BCUT2D eigenvalue weighted by molar-refractivity contribution is 0.0901. The quantitative estimate of drug-likeness (QED) is 0.807. The number of nitrogens with two attached hydrogens (primary N) is 1. The maximum absolute atomic E-state index is 12.4. The Morgan fingerprint density at radius 1 is 1.13 bits per heavy atom. The first kappa shape index (κ1) is 15.5. The minimum Gasteiger partial charge on any atom is -0.345 e. The first-order valence-electron chi connectivity index (χ1n) is 7.95. The molecule has 1 aromatic carbocycles. The molecule has 2 aromatic rings. The molecule has 1 amide bonds. The molecule has 1 saturated carbocycles. The van der Waals surface area contributed by atoms with Crippen molar-refractivity contribution in [3.63, 3.8) is 0 Å². The fourth-order valence-electron chi connectivity index (χ4n) is 3.18. The van der Waals surface area contributed by atoms with Crippen LogP contribution in [0.3, 0.4) is 0 Å². The van der Waals surface area contributed by atoms with Gasteiger partial charge in [0.15, 0.2) is 0 Å². The number of carbonyl (C=O) groups excluding carboxylic acids is 1. The van der Waals surface area contributed by atoms with Crippen LogP contribution < -0.4 is 16.6 Å². The van der Waals surface area contributed by atoms with Crippen molar-refractivity contribution in [1.82, 2.24) is 10.3 Å². The molecule has 0 aliphatic heterocycles. The molecule has 1 fully saturated rings. The molecule has 0 radical (unpaired) electrons. The third kappa shape index (κ3) is 3.19. The largest absolute Gasteiger partial charge is 0.345 e. The maximum atomic E-state index is 12.4. The average molecular weight is 311 g/mol. The molecule has 1 aliphatic carbocycles. The number of rotatable bonds is 4. The molecule has 3 rings (SSSR count). The number of hydrogen-bond donors (Lipinski definition) is 3. The van der Waals surface area contributed by atoms with Crippen LogP contribution in [-0.4, -0.2) is 23.0 Å². The summed E-state index contributed by atoms with van der Waals surface area (Å²) in [5.74, 6) is -0.349. The van der Waals surface area contributed by atoms with Crippen LogP contribution in [0.4, 0.5) is 0 Å². The normalized spacial score (nSPS) is 16.2. The second-order valence-corrected chi connectivity index (χ2v) is 6.13. The lowest BCUT2D eigenvalue weighted by Crippen LogP contribution is -2.52. The van der Waals surface area contributed by atoms with E-state index in [-0.39, 0.29) is 22.6 Å². The van der Waals surface area contributed by atoms with Gasteiger partial charge in [-0.15, -0.1) is 0 Å². The molecule has 120 valence electrons.